The number of hydrogen-bond acceptors (Lipinski definition) is 6. The number of amides is 1. The molecule has 8 nitrogen and oxygen atoms in total. The maximum absolute atomic E-state index is 13.0. The van der Waals surface area contributed by atoms with Crippen molar-refractivity contribution in [3.05, 3.63) is 109 Å². The van der Waals surface area contributed by atoms with Gasteiger partial charge in [0.25, 0.3) is 7.82 Å². The fourth-order valence-corrected chi connectivity index (χ4v) is 9.52. The highest BCUT2D eigenvalue weighted by molar-refractivity contribution is 7.45. The number of aliphatic hydroxyl groups excluding tert-OH is 1. The van der Waals surface area contributed by atoms with E-state index in [0.717, 1.165) is 83.5 Å². The first-order valence-corrected chi connectivity index (χ1v) is 33.2. The number of aliphatic hydroxyl groups is 1. The summed E-state index contributed by atoms with van der Waals surface area (Å²) in [6, 6.07) is -0.911. The van der Waals surface area contributed by atoms with Crippen molar-refractivity contribution in [2.24, 2.45) is 0 Å². The number of allylic oxidation sites excluding steroid dienone is 17. The number of likely N-dealkylation sites (N-methyl/N-ethyl adjacent to an activating group) is 1. The summed E-state index contributed by atoms with van der Waals surface area (Å²) >= 11 is 0. The van der Waals surface area contributed by atoms with E-state index in [4.69, 9.17) is 9.05 Å². The molecule has 1 amide bonds. The molecule has 444 valence electrons. The molecule has 3 atom stereocenters. The lowest BCUT2D eigenvalue weighted by molar-refractivity contribution is -0.870. The Labute approximate surface area is 476 Å². The van der Waals surface area contributed by atoms with Crippen molar-refractivity contribution in [3.63, 3.8) is 0 Å². The lowest BCUT2D eigenvalue weighted by Gasteiger charge is -2.29. The Morgan fingerprint density at radius 1 is 0.468 bits per heavy atom. The second-order valence-corrected chi connectivity index (χ2v) is 23.8. The van der Waals surface area contributed by atoms with E-state index >= 15 is 0 Å². The van der Waals surface area contributed by atoms with Crippen LogP contribution in [0.4, 0.5) is 0 Å². The minimum absolute atomic E-state index is 0.0104. The molecule has 0 saturated heterocycles. The zero-order chi connectivity index (χ0) is 56.3. The average Bonchev–Trinajstić information content (AvgIpc) is 3.39. The van der Waals surface area contributed by atoms with Gasteiger partial charge in [-0.05, 0) is 89.9 Å². The number of phosphoric ester groups is 1. The van der Waals surface area contributed by atoms with E-state index in [0.29, 0.717) is 17.4 Å². The van der Waals surface area contributed by atoms with Gasteiger partial charge in [-0.2, -0.15) is 0 Å². The van der Waals surface area contributed by atoms with Crippen molar-refractivity contribution in [2.75, 3.05) is 40.9 Å². The molecule has 9 heteroatoms. The Morgan fingerprint density at radius 2 is 0.805 bits per heavy atom. The summed E-state index contributed by atoms with van der Waals surface area (Å²) in [5.74, 6) is -0.211. The third-order valence-corrected chi connectivity index (χ3v) is 14.7. The normalized spacial score (nSPS) is 14.5. The van der Waals surface area contributed by atoms with E-state index < -0.39 is 26.6 Å². The van der Waals surface area contributed by atoms with Gasteiger partial charge in [0.15, 0.2) is 0 Å². The Kier molecular flexibility index (Phi) is 55.7. The van der Waals surface area contributed by atoms with Gasteiger partial charge in [0, 0.05) is 6.42 Å². The summed E-state index contributed by atoms with van der Waals surface area (Å²) in [7, 11) is 1.24. The summed E-state index contributed by atoms with van der Waals surface area (Å²) in [6.45, 7) is 4.52. The summed E-state index contributed by atoms with van der Waals surface area (Å²) in [6.07, 6.45) is 84.7. The molecule has 0 aromatic heterocycles. The number of phosphoric acid groups is 1. The van der Waals surface area contributed by atoms with E-state index in [9.17, 15) is 19.4 Å². The Bertz CT molecular complexity index is 1620. The zero-order valence-electron chi connectivity index (χ0n) is 50.6. The van der Waals surface area contributed by atoms with Crippen molar-refractivity contribution in [1.82, 2.24) is 5.32 Å². The average molecular weight is 1090 g/mol. The molecule has 0 aromatic rings. The number of unbranched alkanes of at least 4 members (excludes halogenated alkanes) is 28. The van der Waals surface area contributed by atoms with Gasteiger partial charge in [-0.3, -0.25) is 9.36 Å². The highest BCUT2D eigenvalue weighted by Gasteiger charge is 2.23. The number of carbonyl (C=O) groups is 1. The molecule has 0 saturated carbocycles. The molecule has 0 aliphatic heterocycles. The highest BCUT2D eigenvalue weighted by atomic mass is 31.2. The Hall–Kier alpha value is -2.84. The minimum Gasteiger partial charge on any atom is -0.756 e. The lowest BCUT2D eigenvalue weighted by atomic mass is 10.0. The largest absolute Gasteiger partial charge is 0.756 e. The SMILES string of the molecule is CC/C=C\C/C=C\C/C=C\C/C=C\C/C=C\C/C=C\C/C=C\CCCCCCCCCCCCCCCC(=O)NC(COP(=O)([O-])OCC[N+](C)(C)C)C(O)/C=C/CC/C=C/CCCCCCCCCCCCCCCC. The smallest absolute Gasteiger partial charge is 0.268 e. The number of quaternary nitrogens is 1. The second kappa shape index (κ2) is 57.8. The summed E-state index contributed by atoms with van der Waals surface area (Å²) in [4.78, 5) is 25.6. The standard InChI is InChI=1S/C68H121N2O6P/c1-6-8-10-12-14-16-18-20-22-24-26-28-29-30-31-32-33-34-35-36-37-38-39-40-41-42-44-46-48-50-52-54-56-58-60-62-68(72)69-66(65-76-77(73,74)75-64-63-70(3,4)5)67(71)61-59-57-55-53-51-49-47-45-43-27-25-23-21-19-17-15-13-11-9-7-2/h8,10,14,16,20,22,26,28,30-31,33-34,36-37,51,53,59,61,66-67,71H,6-7,9,11-13,15,17-19,21,23-25,27,29,32,35,38-50,52,54-58,60,62-65H2,1-5H3,(H-,69,72,73,74)/b10-8-,16-14-,22-20-,28-26-,31-30-,34-33-,37-36-,53-51+,61-59+. The van der Waals surface area contributed by atoms with Gasteiger partial charge in [0.05, 0.1) is 39.9 Å². The number of nitrogens with zero attached hydrogens (tertiary/aromatic N) is 1. The third-order valence-electron chi connectivity index (χ3n) is 13.7. The van der Waals surface area contributed by atoms with E-state index in [1.807, 2.05) is 27.2 Å². The first-order valence-electron chi connectivity index (χ1n) is 31.7. The van der Waals surface area contributed by atoms with Gasteiger partial charge in [-0.15, -0.1) is 0 Å². The van der Waals surface area contributed by atoms with Gasteiger partial charge in [-0.1, -0.05) is 277 Å². The first-order chi connectivity index (χ1) is 37.5. The zero-order valence-corrected chi connectivity index (χ0v) is 51.5. The van der Waals surface area contributed by atoms with E-state index in [1.165, 1.54) is 161 Å². The van der Waals surface area contributed by atoms with Crippen LogP contribution in [0.25, 0.3) is 0 Å². The van der Waals surface area contributed by atoms with Crippen LogP contribution in [-0.2, 0) is 18.4 Å². The first kappa shape index (κ1) is 74.2. The molecule has 0 rings (SSSR count). The second-order valence-electron chi connectivity index (χ2n) is 22.4. The van der Waals surface area contributed by atoms with Crippen molar-refractivity contribution < 1.29 is 32.9 Å². The summed E-state index contributed by atoms with van der Waals surface area (Å²) < 4.78 is 23.4. The predicted octanol–water partition coefficient (Wildman–Crippen LogP) is 19.3. The molecule has 3 unspecified atom stereocenters. The van der Waals surface area contributed by atoms with Crippen LogP contribution in [0.5, 0.6) is 0 Å². The maximum Gasteiger partial charge on any atom is 0.268 e. The van der Waals surface area contributed by atoms with Crippen molar-refractivity contribution in [2.45, 2.75) is 276 Å². The highest BCUT2D eigenvalue weighted by Crippen LogP contribution is 2.38. The fourth-order valence-electron chi connectivity index (χ4n) is 8.80. The molecule has 2 N–H and O–H groups in total. The fraction of sp³-hybridized carbons (Fsp3) is 0.721. The molecule has 0 radical (unpaired) electrons. The molecule has 0 aromatic carbocycles. The van der Waals surface area contributed by atoms with Crippen molar-refractivity contribution in [1.29, 1.82) is 0 Å². The summed E-state index contributed by atoms with van der Waals surface area (Å²) in [5.41, 5.74) is 0. The van der Waals surface area contributed by atoms with Crippen LogP contribution in [0, 0.1) is 0 Å². The molecule has 0 aliphatic rings. The van der Waals surface area contributed by atoms with Gasteiger partial charge >= 0.3 is 0 Å². The predicted molar refractivity (Wildman–Crippen MR) is 334 cm³/mol. The van der Waals surface area contributed by atoms with Crippen LogP contribution >= 0.6 is 7.82 Å². The number of nitrogens with one attached hydrogen (secondary N) is 1. The Morgan fingerprint density at radius 3 is 1.21 bits per heavy atom. The van der Waals surface area contributed by atoms with Crippen LogP contribution in [0.2, 0.25) is 0 Å². The van der Waals surface area contributed by atoms with Crippen molar-refractivity contribution in [3.8, 4) is 0 Å². The number of hydrogen-bond donors (Lipinski definition) is 2. The molecule has 0 heterocycles. The van der Waals surface area contributed by atoms with Crippen LogP contribution < -0.4 is 10.2 Å². The van der Waals surface area contributed by atoms with Crippen LogP contribution in [0.3, 0.4) is 0 Å². The number of carbonyl (C=O) groups excluding carboxylic acids is 1. The molecule has 0 fully saturated rings. The van der Waals surface area contributed by atoms with Gasteiger partial charge < -0.3 is 28.8 Å². The molecule has 0 aliphatic carbocycles. The monoisotopic (exact) mass is 1090 g/mol. The lowest BCUT2D eigenvalue weighted by Crippen LogP contribution is -2.45. The van der Waals surface area contributed by atoms with Crippen LogP contribution in [-0.4, -0.2) is 68.5 Å². The quantitative estimate of drug-likeness (QED) is 0.0272. The molecular formula is C68H121N2O6P. The molecular weight excluding hydrogens is 972 g/mol. The van der Waals surface area contributed by atoms with Gasteiger partial charge in [0.1, 0.15) is 13.2 Å². The van der Waals surface area contributed by atoms with Crippen LogP contribution in [0.15, 0.2) is 109 Å². The van der Waals surface area contributed by atoms with Gasteiger partial charge in [0.2, 0.25) is 5.91 Å². The number of rotatable bonds is 57. The van der Waals surface area contributed by atoms with Crippen LogP contribution in [0.1, 0.15) is 264 Å². The topological polar surface area (TPSA) is 108 Å². The maximum atomic E-state index is 13.0. The van der Waals surface area contributed by atoms with E-state index in [-0.39, 0.29) is 12.5 Å². The van der Waals surface area contributed by atoms with E-state index in [2.05, 4.69) is 116 Å². The molecule has 0 spiro atoms. The van der Waals surface area contributed by atoms with Crippen molar-refractivity contribution >= 4 is 13.7 Å². The molecule has 77 heavy (non-hydrogen) atoms. The minimum atomic E-state index is -4.61. The summed E-state index contributed by atoms with van der Waals surface area (Å²) in [5, 5.41) is 13.9. The van der Waals surface area contributed by atoms with Gasteiger partial charge in [-0.25, -0.2) is 0 Å². The third kappa shape index (κ3) is 60.6. The molecule has 0 bridgehead atoms. The Balaban J connectivity index is 4.15. The van der Waals surface area contributed by atoms with E-state index in [1.54, 1.807) is 6.08 Å².